The van der Waals surface area contributed by atoms with E-state index in [1.807, 2.05) is 24.3 Å². The molecule has 0 atom stereocenters. The molecule has 1 heterocycles. The summed E-state index contributed by atoms with van der Waals surface area (Å²) in [5.41, 5.74) is 8.53. The van der Waals surface area contributed by atoms with Gasteiger partial charge in [0.1, 0.15) is 0 Å². The number of benzene rings is 1. The summed E-state index contributed by atoms with van der Waals surface area (Å²) >= 11 is 0. The molecule has 0 saturated heterocycles. The molecule has 2 aromatic rings. The number of aromatic amines is 1. The fourth-order valence-electron chi connectivity index (χ4n) is 1.92. The minimum atomic E-state index is 0.114. The Hall–Kier alpha value is -2.30. The molecule has 5 nitrogen and oxygen atoms in total. The van der Waals surface area contributed by atoms with Crippen molar-refractivity contribution in [2.24, 2.45) is 0 Å². The molecule has 0 bridgehead atoms. The first-order valence-electron chi connectivity index (χ1n) is 6.21. The first kappa shape index (κ1) is 13.1. The number of carbonyl (C=O) groups is 1. The van der Waals surface area contributed by atoms with E-state index < -0.39 is 0 Å². The van der Waals surface area contributed by atoms with Crippen LogP contribution in [0.25, 0.3) is 0 Å². The van der Waals surface area contributed by atoms with Gasteiger partial charge in [0.15, 0.2) is 0 Å². The molecule has 0 aliphatic heterocycles. The first-order valence-corrected chi connectivity index (χ1v) is 6.21. The maximum absolute atomic E-state index is 12.0. The minimum absolute atomic E-state index is 0.114. The van der Waals surface area contributed by atoms with E-state index in [-0.39, 0.29) is 5.91 Å². The molecule has 1 aromatic carbocycles. The molecule has 0 unspecified atom stereocenters. The average Bonchev–Trinajstić information content (AvgIpc) is 2.89. The molecule has 0 aliphatic carbocycles. The van der Waals surface area contributed by atoms with Crippen LogP contribution in [0, 0.1) is 0 Å². The van der Waals surface area contributed by atoms with Crippen molar-refractivity contribution < 1.29 is 4.79 Å². The number of amides is 1. The van der Waals surface area contributed by atoms with Crippen LogP contribution in [0.4, 0.5) is 5.69 Å². The fourth-order valence-corrected chi connectivity index (χ4v) is 1.92. The van der Waals surface area contributed by atoms with Crippen molar-refractivity contribution in [1.82, 2.24) is 15.1 Å². The Bertz CT molecular complexity index is 536. The molecule has 0 saturated carbocycles. The van der Waals surface area contributed by atoms with E-state index in [1.54, 1.807) is 24.3 Å². The van der Waals surface area contributed by atoms with Crippen LogP contribution in [0.5, 0.6) is 0 Å². The van der Waals surface area contributed by atoms with E-state index in [2.05, 4.69) is 10.2 Å². The summed E-state index contributed by atoms with van der Waals surface area (Å²) in [7, 11) is 1.80. The van der Waals surface area contributed by atoms with E-state index >= 15 is 0 Å². The van der Waals surface area contributed by atoms with Gasteiger partial charge in [-0.25, -0.2) is 0 Å². The quantitative estimate of drug-likeness (QED) is 0.800. The Labute approximate surface area is 112 Å². The van der Waals surface area contributed by atoms with Crippen molar-refractivity contribution in [2.45, 2.75) is 19.4 Å². The Morgan fingerprint density at radius 1 is 1.42 bits per heavy atom. The summed E-state index contributed by atoms with van der Waals surface area (Å²) < 4.78 is 0. The zero-order valence-electron chi connectivity index (χ0n) is 11.0. The third kappa shape index (κ3) is 3.84. The molecule has 19 heavy (non-hydrogen) atoms. The lowest BCUT2D eigenvalue weighted by molar-refractivity contribution is -0.130. The van der Waals surface area contributed by atoms with Gasteiger partial charge in [0, 0.05) is 37.5 Å². The van der Waals surface area contributed by atoms with Crippen molar-refractivity contribution in [3.8, 4) is 0 Å². The van der Waals surface area contributed by atoms with E-state index in [9.17, 15) is 4.79 Å². The second-order valence-corrected chi connectivity index (χ2v) is 4.60. The molecule has 2 rings (SSSR count). The lowest BCUT2D eigenvalue weighted by Crippen LogP contribution is -2.26. The van der Waals surface area contributed by atoms with E-state index in [0.717, 1.165) is 16.8 Å². The molecule has 5 heteroatoms. The summed E-state index contributed by atoms with van der Waals surface area (Å²) in [6.07, 6.45) is 4.71. The number of aromatic nitrogens is 2. The van der Waals surface area contributed by atoms with Crippen LogP contribution in [0.1, 0.15) is 17.5 Å². The summed E-state index contributed by atoms with van der Waals surface area (Å²) in [5.74, 6) is 0.114. The van der Waals surface area contributed by atoms with Crippen LogP contribution < -0.4 is 5.73 Å². The summed E-state index contributed by atoms with van der Waals surface area (Å²) in [5, 5.41) is 6.60. The molecule has 0 aliphatic rings. The normalized spacial score (nSPS) is 10.4. The van der Waals surface area contributed by atoms with Gasteiger partial charge in [-0.15, -0.1) is 0 Å². The Balaban J connectivity index is 1.84. The Morgan fingerprint density at radius 2 is 2.26 bits per heavy atom. The summed E-state index contributed by atoms with van der Waals surface area (Å²) in [4.78, 5) is 13.7. The number of H-pyrrole nitrogens is 1. The standard InChI is InChI=1S/C14H18N4O/c1-18(10-12-8-16-17-9-12)14(19)6-5-11-3-2-4-13(15)7-11/h2-4,7-9H,5-6,10,15H2,1H3,(H,16,17). The van der Waals surface area contributed by atoms with Gasteiger partial charge in [0.2, 0.25) is 5.91 Å². The van der Waals surface area contributed by atoms with Crippen LogP contribution in [0.2, 0.25) is 0 Å². The molecule has 100 valence electrons. The first-order chi connectivity index (χ1) is 9.15. The molecule has 0 spiro atoms. The molecular weight excluding hydrogens is 240 g/mol. The van der Waals surface area contributed by atoms with E-state index in [1.165, 1.54) is 0 Å². The summed E-state index contributed by atoms with van der Waals surface area (Å²) in [6, 6.07) is 7.64. The van der Waals surface area contributed by atoms with Gasteiger partial charge in [0.25, 0.3) is 0 Å². The number of nitrogens with one attached hydrogen (secondary N) is 1. The van der Waals surface area contributed by atoms with Crippen LogP contribution in [0.3, 0.4) is 0 Å². The van der Waals surface area contributed by atoms with Gasteiger partial charge >= 0.3 is 0 Å². The fraction of sp³-hybridized carbons (Fsp3) is 0.286. The molecule has 0 fully saturated rings. The monoisotopic (exact) mass is 258 g/mol. The van der Waals surface area contributed by atoms with Crippen molar-refractivity contribution in [3.63, 3.8) is 0 Å². The highest BCUT2D eigenvalue weighted by molar-refractivity contribution is 5.76. The van der Waals surface area contributed by atoms with Gasteiger partial charge in [-0.05, 0) is 24.1 Å². The van der Waals surface area contributed by atoms with Gasteiger partial charge in [-0.2, -0.15) is 5.10 Å². The number of rotatable bonds is 5. The highest BCUT2D eigenvalue weighted by atomic mass is 16.2. The lowest BCUT2D eigenvalue weighted by Gasteiger charge is -2.16. The van der Waals surface area contributed by atoms with Crippen LogP contribution in [0.15, 0.2) is 36.7 Å². The van der Waals surface area contributed by atoms with Gasteiger partial charge in [-0.3, -0.25) is 9.89 Å². The SMILES string of the molecule is CN(Cc1cn[nH]c1)C(=O)CCc1cccc(N)c1. The van der Waals surface area contributed by atoms with Crippen molar-refractivity contribution >= 4 is 11.6 Å². The molecule has 0 radical (unpaired) electrons. The molecular formula is C14H18N4O. The predicted octanol–water partition coefficient (Wildman–Crippen LogP) is 1.58. The van der Waals surface area contributed by atoms with Crippen LogP contribution in [-0.4, -0.2) is 28.1 Å². The maximum atomic E-state index is 12.0. The third-order valence-corrected chi connectivity index (χ3v) is 2.98. The number of anilines is 1. The number of aryl methyl sites for hydroxylation is 1. The molecule has 1 amide bonds. The van der Waals surface area contributed by atoms with Crippen molar-refractivity contribution in [2.75, 3.05) is 12.8 Å². The van der Waals surface area contributed by atoms with E-state index in [0.29, 0.717) is 19.4 Å². The van der Waals surface area contributed by atoms with E-state index in [4.69, 9.17) is 5.73 Å². The van der Waals surface area contributed by atoms with Gasteiger partial charge < -0.3 is 10.6 Å². The smallest absolute Gasteiger partial charge is 0.222 e. The van der Waals surface area contributed by atoms with Crippen LogP contribution >= 0.6 is 0 Å². The molecule has 3 N–H and O–H groups in total. The largest absolute Gasteiger partial charge is 0.399 e. The minimum Gasteiger partial charge on any atom is -0.399 e. The summed E-state index contributed by atoms with van der Waals surface area (Å²) in [6.45, 7) is 0.576. The maximum Gasteiger partial charge on any atom is 0.222 e. The number of hydrogen-bond acceptors (Lipinski definition) is 3. The number of nitrogen functional groups attached to an aromatic ring is 1. The topological polar surface area (TPSA) is 75.0 Å². The average molecular weight is 258 g/mol. The number of hydrogen-bond donors (Lipinski definition) is 2. The second kappa shape index (κ2) is 6.04. The van der Waals surface area contributed by atoms with Crippen molar-refractivity contribution in [1.29, 1.82) is 0 Å². The lowest BCUT2D eigenvalue weighted by atomic mass is 10.1. The van der Waals surface area contributed by atoms with Gasteiger partial charge in [-0.1, -0.05) is 12.1 Å². The number of carbonyl (C=O) groups excluding carboxylic acids is 1. The predicted molar refractivity (Wildman–Crippen MR) is 74.2 cm³/mol. The zero-order chi connectivity index (χ0) is 13.7. The number of nitrogens with two attached hydrogens (primary N) is 1. The molecule has 1 aromatic heterocycles. The highest BCUT2D eigenvalue weighted by Crippen LogP contribution is 2.10. The van der Waals surface area contributed by atoms with Crippen LogP contribution in [-0.2, 0) is 17.8 Å². The Morgan fingerprint density at radius 3 is 2.95 bits per heavy atom. The van der Waals surface area contributed by atoms with Gasteiger partial charge in [0.05, 0.1) is 6.20 Å². The zero-order valence-corrected chi connectivity index (χ0v) is 11.0. The van der Waals surface area contributed by atoms with Crippen molar-refractivity contribution in [3.05, 3.63) is 47.8 Å². The third-order valence-electron chi connectivity index (χ3n) is 2.98. The second-order valence-electron chi connectivity index (χ2n) is 4.60. The highest BCUT2D eigenvalue weighted by Gasteiger charge is 2.09. The number of nitrogens with zero attached hydrogens (tertiary/aromatic N) is 2. The Kier molecular flexibility index (Phi) is 4.18.